The van der Waals surface area contributed by atoms with E-state index >= 15 is 0 Å². The van der Waals surface area contributed by atoms with Gasteiger partial charge >= 0.3 is 0 Å². The van der Waals surface area contributed by atoms with Crippen LogP contribution in [0.3, 0.4) is 0 Å². The molecule has 0 fully saturated rings. The van der Waals surface area contributed by atoms with Crippen LogP contribution in [0, 0.1) is 13.8 Å². The smallest absolute Gasteiger partial charge is 0.295 e. The van der Waals surface area contributed by atoms with Gasteiger partial charge in [-0.15, -0.1) is 0 Å². The lowest BCUT2D eigenvalue weighted by Crippen LogP contribution is -2.47. The topological polar surface area (TPSA) is 90.2 Å². The number of para-hydroxylation sites is 12. The molecule has 618 valence electrons. The van der Waals surface area contributed by atoms with Crippen LogP contribution < -0.4 is 22.8 Å². The van der Waals surface area contributed by atoms with E-state index in [1.807, 2.05) is 0 Å². The molecule has 0 N–H and O–H groups in total. The summed E-state index contributed by atoms with van der Waals surface area (Å²) in [6.45, 7) is 73.8. The average molecular weight is 1560 g/mol. The third-order valence-electron chi connectivity index (χ3n) is 20.7. The molecule has 114 heavy (non-hydrogen) atoms. The summed E-state index contributed by atoms with van der Waals surface area (Å²) in [6.07, 6.45) is 0.879. The molecule has 0 bridgehead atoms. The van der Waals surface area contributed by atoms with E-state index in [2.05, 4.69) is 465 Å². The zero-order valence-corrected chi connectivity index (χ0v) is 77.0. The van der Waals surface area contributed by atoms with Crippen molar-refractivity contribution in [1.29, 1.82) is 0 Å². The summed E-state index contributed by atoms with van der Waals surface area (Å²) < 4.78 is 55.2. The van der Waals surface area contributed by atoms with Crippen LogP contribution in [0.1, 0.15) is 298 Å². The van der Waals surface area contributed by atoms with Crippen molar-refractivity contribution in [3.63, 3.8) is 0 Å². The van der Waals surface area contributed by atoms with Gasteiger partial charge in [-0.3, -0.25) is 0 Å². The van der Waals surface area contributed by atoms with Crippen molar-refractivity contribution in [3.05, 3.63) is 210 Å². The quantitative estimate of drug-likeness (QED) is 0.0595. The summed E-state index contributed by atoms with van der Waals surface area (Å²) in [7, 11) is 4.25. The van der Waals surface area contributed by atoms with Gasteiger partial charge in [-0.2, -0.15) is 9.13 Å². The number of benzene rings is 7. The van der Waals surface area contributed by atoms with Gasteiger partial charge in [-0.1, -0.05) is 97.1 Å². The molecular weight excluding hydrogens is 1410 g/mol. The van der Waals surface area contributed by atoms with E-state index in [0.29, 0.717) is 36.3 Å². The van der Waals surface area contributed by atoms with E-state index in [4.69, 9.17) is 23.7 Å². The van der Waals surface area contributed by atoms with Crippen molar-refractivity contribution in [1.82, 2.24) is 22.8 Å². The van der Waals surface area contributed by atoms with Crippen molar-refractivity contribution in [2.24, 2.45) is 14.1 Å². The third-order valence-corrected chi connectivity index (χ3v) is 20.7. The van der Waals surface area contributed by atoms with Gasteiger partial charge in [-0.05, 0) is 319 Å². The normalized spacial score (nSPS) is 12.7. The molecule has 0 aliphatic carbocycles. The maximum Gasteiger partial charge on any atom is 0.295 e. The fourth-order valence-electron chi connectivity index (χ4n) is 17.9. The Labute approximate surface area is 686 Å². The number of fused-ring (bicyclic) bond motifs is 5. The highest BCUT2D eigenvalue weighted by Gasteiger charge is 2.46. The predicted octanol–water partition coefficient (Wildman–Crippen LogP) is 23.1. The van der Waals surface area contributed by atoms with Crippen molar-refractivity contribution >= 4 is 55.2 Å². The molecule has 7 aromatic carbocycles. The number of rotatable bonds is 23. The summed E-state index contributed by atoms with van der Waals surface area (Å²) in [5.41, 5.74) is 15.6. The Morgan fingerprint density at radius 3 is 0.807 bits per heavy atom. The molecule has 0 saturated carbocycles. The predicted molar refractivity (Wildman–Crippen MR) is 473 cm³/mol. The number of aromatic nitrogens is 10. The molecule has 0 radical (unpaired) electrons. The fourth-order valence-corrected chi connectivity index (χ4v) is 17.9. The molecule has 12 aromatic rings. The first kappa shape index (κ1) is 91.2. The number of imidazole rings is 5. The molecule has 0 unspecified atom stereocenters. The maximum absolute atomic E-state index is 6.44. The molecule has 0 spiro atoms. The van der Waals surface area contributed by atoms with Gasteiger partial charge in [-0.25, -0.2) is 36.5 Å². The van der Waals surface area contributed by atoms with Crippen molar-refractivity contribution in [2.75, 3.05) is 0 Å². The Kier molecular flexibility index (Phi) is 29.5. The minimum atomic E-state index is -0.438. The summed E-state index contributed by atoms with van der Waals surface area (Å²) in [5.74, 6) is 6.02. The standard InChI is InChI=1S/C24H33N2O.C22H29N2O.C19H31N2O.2C17H27N2O/c1-16(2)25-20-14-9-10-15-21(20)26(22-18(5)12-11-13-19(22)6)23(25)24(7,8)27-17(3)4;1-16(2)23-19-14-10-11-15-20(19)24(18-12-8-7-9-13-18)21(23)22(5,6)25-17(3)4;1-13(2)20-16-11-9-10-12-17(16)21(14(3)4)18(20)19(7,8)22-15(5)6;2*1-12(2)19-15-11-9-8-10-14(15)18(7)16(19)17(5,6)20-13(3)4/h9-17H,1-8H3;7-17H,1-6H3;9-15H,1-8H3;2*8-13H,1-7H3/q5*+1. The number of ether oxygens (including phenoxy) is 5. The van der Waals surface area contributed by atoms with Gasteiger partial charge in [0.15, 0.2) is 83.2 Å². The Morgan fingerprint density at radius 2 is 0.491 bits per heavy atom. The number of aryl methyl sites for hydroxylation is 4. The first-order valence-electron chi connectivity index (χ1n) is 42.3. The second kappa shape index (κ2) is 36.9. The minimum absolute atomic E-state index is 0.144. The van der Waals surface area contributed by atoms with E-state index in [1.165, 1.54) is 101 Å². The molecule has 15 nitrogen and oxygen atoms in total. The average Bonchev–Trinajstić information content (AvgIpc) is 1.60. The van der Waals surface area contributed by atoms with E-state index in [9.17, 15) is 0 Å². The van der Waals surface area contributed by atoms with Crippen LogP contribution in [0.5, 0.6) is 0 Å². The molecule has 12 rings (SSSR count). The van der Waals surface area contributed by atoms with Crippen LogP contribution in [-0.2, 0) is 65.8 Å². The Bertz CT molecular complexity index is 5000. The summed E-state index contributed by atoms with van der Waals surface area (Å²) in [6, 6.07) is 62.3. The van der Waals surface area contributed by atoms with E-state index in [0.717, 1.165) is 5.69 Å². The van der Waals surface area contributed by atoms with Crippen molar-refractivity contribution < 1.29 is 46.5 Å². The van der Waals surface area contributed by atoms with E-state index in [1.54, 1.807) is 0 Å². The van der Waals surface area contributed by atoms with Gasteiger partial charge in [0, 0.05) is 0 Å². The van der Waals surface area contributed by atoms with Gasteiger partial charge in [0.1, 0.15) is 11.4 Å². The largest absolute Gasteiger partial charge is 0.360 e. The highest BCUT2D eigenvalue weighted by atomic mass is 16.5. The second-order valence-corrected chi connectivity index (χ2v) is 36.6. The lowest BCUT2D eigenvalue weighted by Gasteiger charge is -2.27. The summed E-state index contributed by atoms with van der Waals surface area (Å²) >= 11 is 0. The minimum Gasteiger partial charge on any atom is -0.360 e. The molecule has 0 aliphatic heterocycles. The third kappa shape index (κ3) is 19.7. The first-order chi connectivity index (χ1) is 53.1. The molecule has 5 aromatic heterocycles. The monoisotopic (exact) mass is 1560 g/mol. The molecular formula is C99H147N10O5+5. The van der Waals surface area contributed by atoms with Crippen LogP contribution >= 0.6 is 0 Å². The Morgan fingerprint density at radius 1 is 0.254 bits per heavy atom. The van der Waals surface area contributed by atoms with Crippen molar-refractivity contribution in [2.45, 2.75) is 330 Å². The lowest BCUT2D eigenvalue weighted by molar-refractivity contribution is -0.706. The Balaban J connectivity index is 0.000000179. The molecule has 0 saturated heterocycles. The number of nitrogens with zero attached hydrogens (tertiary/aromatic N) is 10. The number of hydrogen-bond donors (Lipinski definition) is 0. The van der Waals surface area contributed by atoms with Gasteiger partial charge in [0.25, 0.3) is 29.1 Å². The van der Waals surface area contributed by atoms with Crippen LogP contribution in [0.15, 0.2) is 170 Å². The van der Waals surface area contributed by atoms with Gasteiger partial charge < -0.3 is 23.7 Å². The maximum atomic E-state index is 6.44. The number of hydrogen-bond acceptors (Lipinski definition) is 5. The van der Waals surface area contributed by atoms with E-state index < -0.39 is 11.2 Å². The molecule has 0 atom stereocenters. The zero-order chi connectivity index (χ0) is 84.9. The lowest BCUT2D eigenvalue weighted by atomic mass is 10.0. The van der Waals surface area contributed by atoms with Gasteiger partial charge in [0.2, 0.25) is 0 Å². The SMILES string of the molecule is CC(C)OC(C)(C)c1n(-c2ccccc2)c2ccccc2[n+]1C(C)C.CC(C)OC(C)(C)c1n(C(C)C)c2ccccc2[n+]1C.CC(C)OC(C)(C)c1n(C(C)C)c2ccccc2[n+]1C.CC(C)OC(C)(C)c1n(C(C)C)c2ccccc2[n+]1C(C)C.Cc1cccc(C)c1-n1c(C(C)(C)OC(C)C)[n+](C(C)C)c2ccccc21. The molecule has 0 aliphatic rings. The molecule has 0 amide bonds. The zero-order valence-electron chi connectivity index (χ0n) is 77.0. The van der Waals surface area contributed by atoms with Crippen LogP contribution in [0.25, 0.3) is 66.5 Å². The summed E-state index contributed by atoms with van der Waals surface area (Å²) in [5, 5.41) is 0. The second-order valence-electron chi connectivity index (χ2n) is 36.6. The Hall–Kier alpha value is -8.31. The fraction of sp³-hybridized carbons (Fsp3) is 0.525. The highest BCUT2D eigenvalue weighted by molar-refractivity contribution is 5.78. The first-order valence-corrected chi connectivity index (χ1v) is 42.3. The van der Waals surface area contributed by atoms with Crippen molar-refractivity contribution in [3.8, 4) is 11.4 Å². The summed E-state index contributed by atoms with van der Waals surface area (Å²) in [4.78, 5) is 0. The molecule has 5 heterocycles. The molecule has 15 heteroatoms. The van der Waals surface area contributed by atoms with Crippen LogP contribution in [0.2, 0.25) is 0 Å². The van der Waals surface area contributed by atoms with Crippen LogP contribution in [0.4, 0.5) is 0 Å². The van der Waals surface area contributed by atoms with Crippen LogP contribution in [-0.4, -0.2) is 53.4 Å². The van der Waals surface area contributed by atoms with E-state index in [-0.39, 0.29) is 47.3 Å². The highest BCUT2D eigenvalue weighted by Crippen LogP contribution is 2.39. The van der Waals surface area contributed by atoms with Gasteiger partial charge in [0.05, 0.1) is 80.9 Å².